The molecule has 1 aliphatic carbocycles. The van der Waals surface area contributed by atoms with Crippen LogP contribution in [0.5, 0.6) is 0 Å². The average molecular weight is 274 g/mol. The summed E-state index contributed by atoms with van der Waals surface area (Å²) in [6, 6.07) is 14.0. The van der Waals surface area contributed by atoms with E-state index in [2.05, 4.69) is 24.0 Å². The smallest absolute Gasteiger partial charge is 0.0991 e. The van der Waals surface area contributed by atoms with Crippen LogP contribution in [0.1, 0.15) is 43.2 Å². The molecule has 2 N–H and O–H groups in total. The minimum atomic E-state index is -0.308. The maximum absolute atomic E-state index is 8.92. The van der Waals surface area contributed by atoms with Crippen molar-refractivity contribution in [1.29, 1.82) is 5.26 Å². The van der Waals surface area contributed by atoms with Crippen LogP contribution < -0.4 is 5.73 Å². The molecule has 1 aliphatic rings. The van der Waals surface area contributed by atoms with Gasteiger partial charge in [-0.15, -0.1) is 0 Å². The molecule has 0 aromatic heterocycles. The van der Waals surface area contributed by atoms with Crippen LogP contribution in [0.15, 0.2) is 36.4 Å². The molecule has 0 unspecified atom stereocenters. The lowest BCUT2D eigenvalue weighted by atomic mass is 9.83. The monoisotopic (exact) mass is 274 g/mol. The van der Waals surface area contributed by atoms with Gasteiger partial charge in [0.15, 0.2) is 0 Å². The molecule has 0 atom stereocenters. The molecule has 1 fully saturated rings. The first-order chi connectivity index (χ1) is 10.2. The lowest BCUT2D eigenvalue weighted by Crippen LogP contribution is -2.40. The number of rotatable bonds is 0. The summed E-state index contributed by atoms with van der Waals surface area (Å²) in [7, 11) is 0. The van der Waals surface area contributed by atoms with Crippen molar-refractivity contribution in [3.8, 4) is 17.9 Å². The van der Waals surface area contributed by atoms with Crippen LogP contribution in [0.25, 0.3) is 10.8 Å². The summed E-state index contributed by atoms with van der Waals surface area (Å²) < 4.78 is 0. The van der Waals surface area contributed by atoms with Crippen molar-refractivity contribution in [2.75, 3.05) is 0 Å². The first-order valence-corrected chi connectivity index (χ1v) is 7.45. The van der Waals surface area contributed by atoms with E-state index in [4.69, 9.17) is 11.0 Å². The molecular formula is C19H18N2. The van der Waals surface area contributed by atoms with Gasteiger partial charge in [-0.05, 0) is 47.9 Å². The molecule has 2 heteroatoms. The molecular weight excluding hydrogens is 256 g/mol. The van der Waals surface area contributed by atoms with Gasteiger partial charge in [0, 0.05) is 5.56 Å². The van der Waals surface area contributed by atoms with Crippen LogP contribution in [0.2, 0.25) is 0 Å². The Morgan fingerprint density at radius 2 is 1.52 bits per heavy atom. The Morgan fingerprint density at radius 1 is 0.905 bits per heavy atom. The van der Waals surface area contributed by atoms with Gasteiger partial charge >= 0.3 is 0 Å². The second kappa shape index (κ2) is 5.60. The summed E-state index contributed by atoms with van der Waals surface area (Å²) in [5, 5.41) is 11.1. The third kappa shape index (κ3) is 3.07. The first kappa shape index (κ1) is 13.7. The van der Waals surface area contributed by atoms with Crippen molar-refractivity contribution in [3.63, 3.8) is 0 Å². The predicted molar refractivity (Wildman–Crippen MR) is 85.5 cm³/mol. The maximum Gasteiger partial charge on any atom is 0.0991 e. The van der Waals surface area contributed by atoms with E-state index in [0.717, 1.165) is 29.2 Å². The Hall–Kier alpha value is -2.29. The Bertz CT molecular complexity index is 765. The largest absolute Gasteiger partial charge is 0.315 e. The average Bonchev–Trinajstić information content (AvgIpc) is 2.53. The third-order valence-electron chi connectivity index (χ3n) is 4.17. The molecule has 0 saturated heterocycles. The van der Waals surface area contributed by atoms with Gasteiger partial charge in [-0.2, -0.15) is 5.26 Å². The highest BCUT2D eigenvalue weighted by Gasteiger charge is 2.24. The second-order valence-corrected chi connectivity index (χ2v) is 5.86. The lowest BCUT2D eigenvalue weighted by molar-refractivity contribution is 0.370. The predicted octanol–water partition coefficient (Wildman–Crippen LogP) is 3.72. The maximum atomic E-state index is 8.92. The lowest BCUT2D eigenvalue weighted by Gasteiger charge is -2.27. The minimum absolute atomic E-state index is 0.308. The quantitative estimate of drug-likeness (QED) is 0.744. The van der Waals surface area contributed by atoms with Gasteiger partial charge in [0.05, 0.1) is 17.2 Å². The van der Waals surface area contributed by atoms with E-state index >= 15 is 0 Å². The fraction of sp³-hybridized carbons (Fsp3) is 0.316. The zero-order valence-electron chi connectivity index (χ0n) is 12.0. The molecule has 0 aliphatic heterocycles. The standard InChI is InChI=1S/C19H18N2/c20-14-16-5-7-17-12-15(4-6-18(17)13-16)8-11-19(21)9-2-1-3-10-19/h4-7,12-13H,1-3,9-10,21H2. The van der Waals surface area contributed by atoms with E-state index in [0.29, 0.717) is 5.56 Å². The molecule has 2 aromatic rings. The van der Waals surface area contributed by atoms with E-state index in [1.807, 2.05) is 30.3 Å². The highest BCUT2D eigenvalue weighted by atomic mass is 14.7. The van der Waals surface area contributed by atoms with Gasteiger partial charge in [0.25, 0.3) is 0 Å². The molecule has 2 nitrogen and oxygen atoms in total. The van der Waals surface area contributed by atoms with Crippen LogP contribution in [0.4, 0.5) is 0 Å². The molecule has 2 aromatic carbocycles. The van der Waals surface area contributed by atoms with Crippen molar-refractivity contribution in [2.45, 2.75) is 37.6 Å². The molecule has 104 valence electrons. The van der Waals surface area contributed by atoms with Gasteiger partial charge in [-0.25, -0.2) is 0 Å². The Balaban J connectivity index is 1.90. The van der Waals surface area contributed by atoms with Crippen LogP contribution >= 0.6 is 0 Å². The number of fused-ring (bicyclic) bond motifs is 1. The second-order valence-electron chi connectivity index (χ2n) is 5.86. The van der Waals surface area contributed by atoms with Crippen LogP contribution in [-0.2, 0) is 0 Å². The number of benzene rings is 2. The topological polar surface area (TPSA) is 49.8 Å². The van der Waals surface area contributed by atoms with Crippen LogP contribution in [0, 0.1) is 23.2 Å². The molecule has 0 bridgehead atoms. The third-order valence-corrected chi connectivity index (χ3v) is 4.17. The molecule has 21 heavy (non-hydrogen) atoms. The zero-order chi connectivity index (χ0) is 14.7. The van der Waals surface area contributed by atoms with Crippen LogP contribution in [-0.4, -0.2) is 5.54 Å². The molecule has 0 spiro atoms. The molecule has 0 heterocycles. The minimum Gasteiger partial charge on any atom is -0.315 e. The van der Waals surface area contributed by atoms with Crippen molar-refractivity contribution in [3.05, 3.63) is 47.5 Å². The SMILES string of the molecule is N#Cc1ccc2cc(C#CC3(N)CCCCC3)ccc2c1. The number of hydrogen-bond acceptors (Lipinski definition) is 2. The highest BCUT2D eigenvalue weighted by molar-refractivity contribution is 5.85. The van der Waals surface area contributed by atoms with E-state index in [1.165, 1.54) is 19.3 Å². The number of nitrogens with two attached hydrogens (primary N) is 1. The summed E-state index contributed by atoms with van der Waals surface area (Å²) in [5.41, 5.74) is 7.71. The van der Waals surface area contributed by atoms with E-state index in [9.17, 15) is 0 Å². The normalized spacial score (nSPS) is 16.8. The number of nitriles is 1. The molecule has 0 amide bonds. The van der Waals surface area contributed by atoms with Crippen molar-refractivity contribution >= 4 is 10.8 Å². The number of hydrogen-bond donors (Lipinski definition) is 1. The molecule has 3 rings (SSSR count). The summed E-state index contributed by atoms with van der Waals surface area (Å²) in [5.74, 6) is 6.51. The Kier molecular flexibility index (Phi) is 3.65. The van der Waals surface area contributed by atoms with Gasteiger partial charge in [0.1, 0.15) is 0 Å². The van der Waals surface area contributed by atoms with Gasteiger partial charge < -0.3 is 5.73 Å². The van der Waals surface area contributed by atoms with Crippen molar-refractivity contribution in [2.24, 2.45) is 5.73 Å². The van der Waals surface area contributed by atoms with Crippen molar-refractivity contribution in [1.82, 2.24) is 0 Å². The number of nitrogens with zero attached hydrogens (tertiary/aromatic N) is 1. The summed E-state index contributed by atoms with van der Waals surface area (Å²) in [6.45, 7) is 0. The van der Waals surface area contributed by atoms with E-state index < -0.39 is 0 Å². The van der Waals surface area contributed by atoms with Crippen molar-refractivity contribution < 1.29 is 0 Å². The zero-order valence-corrected chi connectivity index (χ0v) is 12.0. The summed E-state index contributed by atoms with van der Waals surface area (Å²) in [6.07, 6.45) is 5.63. The molecule has 0 radical (unpaired) electrons. The first-order valence-electron chi connectivity index (χ1n) is 7.45. The van der Waals surface area contributed by atoms with Gasteiger partial charge in [0.2, 0.25) is 0 Å². The van der Waals surface area contributed by atoms with Gasteiger partial charge in [-0.3, -0.25) is 0 Å². The molecule has 1 saturated carbocycles. The fourth-order valence-electron chi connectivity index (χ4n) is 2.90. The summed E-state index contributed by atoms with van der Waals surface area (Å²) in [4.78, 5) is 0. The summed E-state index contributed by atoms with van der Waals surface area (Å²) >= 11 is 0. The Labute approximate surface area is 125 Å². The van der Waals surface area contributed by atoms with E-state index in [1.54, 1.807) is 0 Å². The fourth-order valence-corrected chi connectivity index (χ4v) is 2.90. The van der Waals surface area contributed by atoms with Crippen LogP contribution in [0.3, 0.4) is 0 Å². The van der Waals surface area contributed by atoms with E-state index in [-0.39, 0.29) is 5.54 Å². The highest BCUT2D eigenvalue weighted by Crippen LogP contribution is 2.25. The Morgan fingerprint density at radius 3 is 2.19 bits per heavy atom. The van der Waals surface area contributed by atoms with Gasteiger partial charge in [-0.1, -0.05) is 43.2 Å².